The van der Waals surface area contributed by atoms with Crippen molar-refractivity contribution in [1.82, 2.24) is 0 Å². The quantitative estimate of drug-likeness (QED) is 0.595. The number of alkyl halides is 2. The Morgan fingerprint density at radius 3 is 2.50 bits per heavy atom. The van der Waals surface area contributed by atoms with Crippen molar-refractivity contribution in [1.29, 1.82) is 0 Å². The number of halogens is 2. The molecule has 7 heteroatoms. The number of nitrogens with zero attached hydrogens (tertiary/aromatic N) is 1. The lowest BCUT2D eigenvalue weighted by Gasteiger charge is -2.12. The minimum atomic E-state index is -3.13. The van der Waals surface area contributed by atoms with Crippen LogP contribution in [0.3, 0.4) is 0 Å². The van der Waals surface area contributed by atoms with Crippen molar-refractivity contribution in [2.75, 3.05) is 0 Å². The van der Waals surface area contributed by atoms with Crippen molar-refractivity contribution in [3.63, 3.8) is 0 Å². The van der Waals surface area contributed by atoms with Gasteiger partial charge in [0.05, 0.1) is 4.92 Å². The highest BCUT2D eigenvalue weighted by Gasteiger charge is 2.71. The van der Waals surface area contributed by atoms with Gasteiger partial charge >= 0.3 is 0 Å². The van der Waals surface area contributed by atoms with E-state index in [2.05, 4.69) is 0 Å². The summed E-state index contributed by atoms with van der Waals surface area (Å²) in [5.74, 6) is -3.58. The summed E-state index contributed by atoms with van der Waals surface area (Å²) in [5.41, 5.74) is 2.74. The molecule has 0 bridgehead atoms. The maximum absolute atomic E-state index is 13.0. The summed E-state index contributed by atoms with van der Waals surface area (Å²) in [5, 5.41) is 19.9. The predicted molar refractivity (Wildman–Crippen MR) is 50.2 cm³/mol. The zero-order valence-electron chi connectivity index (χ0n) is 7.98. The number of rotatable bonds is 2. The summed E-state index contributed by atoms with van der Waals surface area (Å²) in [4.78, 5) is 9.74. The average Bonchev–Trinajstić information content (AvgIpc) is 2.67. The number of aromatic hydroxyl groups is 1. The van der Waals surface area contributed by atoms with E-state index in [4.69, 9.17) is 5.73 Å². The molecule has 1 unspecified atom stereocenters. The van der Waals surface area contributed by atoms with E-state index < -0.39 is 28.6 Å². The molecule has 0 saturated heterocycles. The van der Waals surface area contributed by atoms with Crippen LogP contribution in [0, 0.1) is 10.1 Å². The average molecular weight is 230 g/mol. The third-order valence-corrected chi connectivity index (χ3v) is 2.70. The summed E-state index contributed by atoms with van der Waals surface area (Å²) in [6.45, 7) is 0. The van der Waals surface area contributed by atoms with Crippen molar-refractivity contribution < 1.29 is 18.8 Å². The maximum Gasteiger partial charge on any atom is 0.272 e. The van der Waals surface area contributed by atoms with Gasteiger partial charge in [0.15, 0.2) is 0 Å². The first-order valence-electron chi connectivity index (χ1n) is 4.42. The summed E-state index contributed by atoms with van der Waals surface area (Å²) in [6.07, 6.45) is -0.616. The SMILES string of the molecule is NC1(c2cc([N+](=O)[O-])ccc2O)CC1(F)F. The molecule has 5 nitrogen and oxygen atoms in total. The molecule has 86 valence electrons. The Kier molecular flexibility index (Phi) is 1.94. The van der Waals surface area contributed by atoms with Gasteiger partial charge in [-0.1, -0.05) is 0 Å². The van der Waals surface area contributed by atoms with Crippen LogP contribution in [0.25, 0.3) is 0 Å². The predicted octanol–water partition coefficient (Wildman–Crippen LogP) is 1.49. The third kappa shape index (κ3) is 1.32. The fraction of sp³-hybridized carbons (Fsp3) is 0.333. The molecule has 1 aromatic rings. The standard InChI is InChI=1S/C9H8F2N2O3/c10-9(11)4-8(9,12)6-3-5(13(15)16)1-2-7(6)14/h1-3,14H,4,12H2. The summed E-state index contributed by atoms with van der Waals surface area (Å²) in [7, 11) is 0. The number of hydrogen-bond acceptors (Lipinski definition) is 4. The van der Waals surface area contributed by atoms with E-state index in [0.717, 1.165) is 18.2 Å². The molecule has 0 aliphatic heterocycles. The van der Waals surface area contributed by atoms with E-state index in [-0.39, 0.29) is 11.3 Å². The second kappa shape index (κ2) is 2.88. The molecular formula is C9H8F2N2O3. The number of hydrogen-bond donors (Lipinski definition) is 2. The molecule has 1 fully saturated rings. The lowest BCUT2D eigenvalue weighted by molar-refractivity contribution is -0.385. The molecule has 1 saturated carbocycles. The van der Waals surface area contributed by atoms with Gasteiger partial charge in [-0.2, -0.15) is 0 Å². The molecule has 1 aromatic carbocycles. The molecule has 0 aromatic heterocycles. The van der Waals surface area contributed by atoms with Crippen molar-refractivity contribution in [3.8, 4) is 5.75 Å². The Balaban J connectivity index is 2.50. The Labute approximate surface area is 88.6 Å². The number of benzene rings is 1. The molecule has 3 N–H and O–H groups in total. The molecule has 1 aliphatic rings. The van der Waals surface area contributed by atoms with Gasteiger partial charge in [0, 0.05) is 24.1 Å². The lowest BCUT2D eigenvalue weighted by Crippen LogP contribution is -2.27. The first-order chi connectivity index (χ1) is 7.28. The van der Waals surface area contributed by atoms with Gasteiger partial charge in [-0.15, -0.1) is 0 Å². The van der Waals surface area contributed by atoms with E-state index in [9.17, 15) is 24.0 Å². The van der Waals surface area contributed by atoms with Gasteiger partial charge in [0.2, 0.25) is 0 Å². The van der Waals surface area contributed by atoms with Crippen LogP contribution in [0.1, 0.15) is 12.0 Å². The normalized spacial score (nSPS) is 26.4. The zero-order valence-corrected chi connectivity index (χ0v) is 7.98. The molecule has 2 rings (SSSR count). The second-order valence-corrected chi connectivity index (χ2v) is 3.81. The zero-order chi connectivity index (χ0) is 12.1. The van der Waals surface area contributed by atoms with Crippen LogP contribution in [-0.2, 0) is 5.54 Å². The number of non-ortho nitro benzene ring substituents is 1. The van der Waals surface area contributed by atoms with E-state index in [1.807, 2.05) is 0 Å². The topological polar surface area (TPSA) is 89.4 Å². The van der Waals surface area contributed by atoms with Crippen LogP contribution in [0.2, 0.25) is 0 Å². The minimum absolute atomic E-state index is 0.285. The van der Waals surface area contributed by atoms with Gasteiger partial charge < -0.3 is 10.8 Å². The Morgan fingerprint density at radius 2 is 2.06 bits per heavy atom. The fourth-order valence-corrected chi connectivity index (χ4v) is 1.59. The van der Waals surface area contributed by atoms with Crippen molar-refractivity contribution in [3.05, 3.63) is 33.9 Å². The number of nitrogens with two attached hydrogens (primary N) is 1. The summed E-state index contributed by atoms with van der Waals surface area (Å²) >= 11 is 0. The van der Waals surface area contributed by atoms with E-state index in [1.54, 1.807) is 0 Å². The van der Waals surface area contributed by atoms with Crippen molar-refractivity contribution in [2.24, 2.45) is 5.73 Å². The minimum Gasteiger partial charge on any atom is -0.508 e. The van der Waals surface area contributed by atoms with Gasteiger partial charge in [0.25, 0.3) is 11.6 Å². The number of nitro groups is 1. The van der Waals surface area contributed by atoms with E-state index in [0.29, 0.717) is 0 Å². The van der Waals surface area contributed by atoms with Gasteiger partial charge in [-0.05, 0) is 6.07 Å². The molecule has 1 aliphatic carbocycles. The molecular weight excluding hydrogens is 222 g/mol. The van der Waals surface area contributed by atoms with Gasteiger partial charge in [-0.3, -0.25) is 10.1 Å². The van der Waals surface area contributed by atoms with E-state index in [1.165, 1.54) is 0 Å². The monoisotopic (exact) mass is 230 g/mol. The molecule has 0 amide bonds. The number of phenolic OH excluding ortho intramolecular Hbond substituents is 1. The molecule has 1 atom stereocenters. The van der Waals surface area contributed by atoms with Crippen LogP contribution in [0.5, 0.6) is 5.75 Å². The number of phenols is 1. The highest BCUT2D eigenvalue weighted by Crippen LogP contribution is 2.59. The molecule has 0 heterocycles. The van der Waals surface area contributed by atoms with Gasteiger partial charge in [-0.25, -0.2) is 8.78 Å². The largest absolute Gasteiger partial charge is 0.508 e. The van der Waals surface area contributed by atoms with Crippen LogP contribution in [0.15, 0.2) is 18.2 Å². The highest BCUT2D eigenvalue weighted by molar-refractivity contribution is 5.51. The van der Waals surface area contributed by atoms with Crippen LogP contribution in [-0.4, -0.2) is 16.0 Å². The smallest absolute Gasteiger partial charge is 0.272 e. The van der Waals surface area contributed by atoms with E-state index >= 15 is 0 Å². The first kappa shape index (κ1) is 10.7. The Bertz CT molecular complexity index is 478. The van der Waals surface area contributed by atoms with Gasteiger partial charge in [0.1, 0.15) is 11.3 Å². The van der Waals surface area contributed by atoms with Crippen molar-refractivity contribution in [2.45, 2.75) is 17.9 Å². The van der Waals surface area contributed by atoms with Crippen LogP contribution >= 0.6 is 0 Å². The third-order valence-electron chi connectivity index (χ3n) is 2.70. The molecule has 0 spiro atoms. The van der Waals surface area contributed by atoms with Crippen molar-refractivity contribution >= 4 is 5.69 Å². The Morgan fingerprint density at radius 1 is 1.50 bits per heavy atom. The summed E-state index contributed by atoms with van der Waals surface area (Å²) < 4.78 is 25.9. The Hall–Kier alpha value is -1.76. The second-order valence-electron chi connectivity index (χ2n) is 3.81. The number of nitro benzene ring substituents is 1. The fourth-order valence-electron chi connectivity index (χ4n) is 1.59. The maximum atomic E-state index is 13.0. The first-order valence-corrected chi connectivity index (χ1v) is 4.42. The summed E-state index contributed by atoms with van der Waals surface area (Å²) in [6, 6.07) is 2.91. The van der Waals surface area contributed by atoms with Crippen LogP contribution in [0.4, 0.5) is 14.5 Å². The van der Waals surface area contributed by atoms with Crippen LogP contribution < -0.4 is 5.73 Å². The highest BCUT2D eigenvalue weighted by atomic mass is 19.3. The molecule has 16 heavy (non-hydrogen) atoms. The molecule has 0 radical (unpaired) electrons. The lowest BCUT2D eigenvalue weighted by atomic mass is 10.0.